The predicted octanol–water partition coefficient (Wildman–Crippen LogP) is 3.88. The standard InChI is InChI=1S/C12H22/c1-6-8(2)12-7-9(3)10(4)11(12)5/h8,10-12H,3,6-7H2,1-2,4-5H3/t8-,10?,11?,12+/m0/s1. The Kier molecular flexibility index (Phi) is 2.98. The van der Waals surface area contributed by atoms with E-state index in [1.807, 2.05) is 0 Å². The molecule has 0 spiro atoms. The van der Waals surface area contributed by atoms with Crippen molar-refractivity contribution in [2.24, 2.45) is 23.7 Å². The fourth-order valence-electron chi connectivity index (χ4n) is 2.44. The molecule has 0 aromatic rings. The zero-order valence-corrected chi connectivity index (χ0v) is 8.93. The van der Waals surface area contributed by atoms with Crippen molar-refractivity contribution in [3.63, 3.8) is 0 Å². The molecule has 0 amide bonds. The van der Waals surface area contributed by atoms with Crippen LogP contribution in [0.25, 0.3) is 0 Å². The van der Waals surface area contributed by atoms with E-state index in [2.05, 4.69) is 34.3 Å². The molecule has 0 aromatic carbocycles. The Morgan fingerprint density at radius 1 is 1.50 bits per heavy atom. The van der Waals surface area contributed by atoms with Crippen LogP contribution in [0.1, 0.15) is 40.5 Å². The van der Waals surface area contributed by atoms with E-state index in [1.165, 1.54) is 18.4 Å². The molecule has 1 rings (SSSR count). The lowest BCUT2D eigenvalue weighted by Gasteiger charge is -2.23. The van der Waals surface area contributed by atoms with E-state index in [0.717, 1.165) is 23.7 Å². The molecule has 0 bridgehead atoms. The Morgan fingerprint density at radius 2 is 2.08 bits per heavy atom. The summed E-state index contributed by atoms with van der Waals surface area (Å²) in [5.74, 6) is 3.38. The molecule has 0 saturated heterocycles. The van der Waals surface area contributed by atoms with Gasteiger partial charge >= 0.3 is 0 Å². The monoisotopic (exact) mass is 166 g/mol. The second-order valence-corrected chi connectivity index (χ2v) is 4.56. The highest BCUT2D eigenvalue weighted by atomic mass is 14.4. The van der Waals surface area contributed by atoms with Crippen LogP contribution >= 0.6 is 0 Å². The molecule has 0 heterocycles. The highest BCUT2D eigenvalue weighted by molar-refractivity contribution is 5.10. The molecule has 0 aromatic heterocycles. The molecule has 0 heteroatoms. The SMILES string of the molecule is C=C1C[C@H]([C@@H](C)CC)C(C)C1C. The van der Waals surface area contributed by atoms with Crippen LogP contribution in [0.5, 0.6) is 0 Å². The van der Waals surface area contributed by atoms with E-state index < -0.39 is 0 Å². The van der Waals surface area contributed by atoms with Crippen molar-refractivity contribution >= 4 is 0 Å². The molecule has 4 atom stereocenters. The molecule has 1 fully saturated rings. The van der Waals surface area contributed by atoms with Crippen molar-refractivity contribution in [1.29, 1.82) is 0 Å². The summed E-state index contributed by atoms with van der Waals surface area (Å²) in [6.07, 6.45) is 2.59. The van der Waals surface area contributed by atoms with E-state index in [-0.39, 0.29) is 0 Å². The quantitative estimate of drug-likeness (QED) is 0.546. The number of allylic oxidation sites excluding steroid dienone is 1. The maximum atomic E-state index is 4.15. The third-order valence-electron chi connectivity index (χ3n) is 3.98. The van der Waals surface area contributed by atoms with Crippen LogP contribution in [-0.4, -0.2) is 0 Å². The Labute approximate surface area is 77.1 Å². The molecule has 0 nitrogen and oxygen atoms in total. The average Bonchev–Trinajstić information content (AvgIpc) is 2.32. The van der Waals surface area contributed by atoms with Crippen molar-refractivity contribution in [3.8, 4) is 0 Å². The summed E-state index contributed by atoms with van der Waals surface area (Å²) in [7, 11) is 0. The van der Waals surface area contributed by atoms with E-state index >= 15 is 0 Å². The minimum Gasteiger partial charge on any atom is -0.0996 e. The van der Waals surface area contributed by atoms with Crippen LogP contribution in [-0.2, 0) is 0 Å². The van der Waals surface area contributed by atoms with Gasteiger partial charge in [0.2, 0.25) is 0 Å². The summed E-state index contributed by atoms with van der Waals surface area (Å²) in [6, 6.07) is 0. The molecule has 0 radical (unpaired) electrons. The van der Waals surface area contributed by atoms with Crippen LogP contribution in [0.15, 0.2) is 12.2 Å². The van der Waals surface area contributed by atoms with Gasteiger partial charge in [0.1, 0.15) is 0 Å². The van der Waals surface area contributed by atoms with Crippen LogP contribution in [0.3, 0.4) is 0 Å². The highest BCUT2D eigenvalue weighted by Gasteiger charge is 2.34. The Balaban J connectivity index is 2.64. The Hall–Kier alpha value is -0.260. The van der Waals surface area contributed by atoms with Gasteiger partial charge in [0, 0.05) is 0 Å². The first-order valence-electron chi connectivity index (χ1n) is 5.25. The van der Waals surface area contributed by atoms with Crippen molar-refractivity contribution in [2.45, 2.75) is 40.5 Å². The van der Waals surface area contributed by atoms with E-state index in [1.54, 1.807) is 0 Å². The molecule has 12 heavy (non-hydrogen) atoms. The molecular weight excluding hydrogens is 144 g/mol. The van der Waals surface area contributed by atoms with Crippen LogP contribution in [0.4, 0.5) is 0 Å². The van der Waals surface area contributed by atoms with Crippen molar-refractivity contribution in [2.75, 3.05) is 0 Å². The molecule has 0 aliphatic heterocycles. The van der Waals surface area contributed by atoms with Gasteiger partial charge in [0.25, 0.3) is 0 Å². The van der Waals surface area contributed by atoms with E-state index in [4.69, 9.17) is 0 Å². The molecule has 1 aliphatic carbocycles. The average molecular weight is 166 g/mol. The fourth-order valence-corrected chi connectivity index (χ4v) is 2.44. The molecule has 1 saturated carbocycles. The fraction of sp³-hybridized carbons (Fsp3) is 0.833. The van der Waals surface area contributed by atoms with Crippen molar-refractivity contribution < 1.29 is 0 Å². The lowest BCUT2D eigenvalue weighted by molar-refractivity contribution is 0.261. The zero-order chi connectivity index (χ0) is 9.30. The van der Waals surface area contributed by atoms with Gasteiger partial charge in [-0.05, 0) is 30.1 Å². The topological polar surface area (TPSA) is 0 Å². The first-order valence-corrected chi connectivity index (χ1v) is 5.25. The number of hydrogen-bond acceptors (Lipinski definition) is 0. The largest absolute Gasteiger partial charge is 0.0996 e. The van der Waals surface area contributed by atoms with E-state index in [0.29, 0.717) is 0 Å². The maximum absolute atomic E-state index is 4.15. The summed E-state index contributed by atoms with van der Waals surface area (Å²) in [4.78, 5) is 0. The van der Waals surface area contributed by atoms with Gasteiger partial charge in [-0.3, -0.25) is 0 Å². The molecule has 1 aliphatic rings. The van der Waals surface area contributed by atoms with Crippen molar-refractivity contribution in [3.05, 3.63) is 12.2 Å². The maximum Gasteiger partial charge on any atom is -0.0206 e. The van der Waals surface area contributed by atoms with Crippen LogP contribution in [0.2, 0.25) is 0 Å². The predicted molar refractivity (Wildman–Crippen MR) is 55.0 cm³/mol. The number of rotatable bonds is 2. The second-order valence-electron chi connectivity index (χ2n) is 4.56. The molecule has 2 unspecified atom stereocenters. The first-order chi connectivity index (χ1) is 5.57. The lowest BCUT2D eigenvalue weighted by atomic mass is 9.82. The normalized spacial score (nSPS) is 38.7. The zero-order valence-electron chi connectivity index (χ0n) is 8.93. The van der Waals surface area contributed by atoms with Gasteiger partial charge in [-0.1, -0.05) is 46.3 Å². The summed E-state index contributed by atoms with van der Waals surface area (Å²) in [6.45, 7) is 13.5. The van der Waals surface area contributed by atoms with Gasteiger partial charge in [0.15, 0.2) is 0 Å². The van der Waals surface area contributed by atoms with Crippen LogP contribution < -0.4 is 0 Å². The summed E-state index contributed by atoms with van der Waals surface area (Å²) in [5, 5.41) is 0. The molecular formula is C12H22. The summed E-state index contributed by atoms with van der Waals surface area (Å²) in [5.41, 5.74) is 1.48. The van der Waals surface area contributed by atoms with Crippen molar-refractivity contribution in [1.82, 2.24) is 0 Å². The van der Waals surface area contributed by atoms with Gasteiger partial charge in [-0.15, -0.1) is 0 Å². The third kappa shape index (κ3) is 1.57. The second kappa shape index (κ2) is 3.64. The molecule has 70 valence electrons. The smallest absolute Gasteiger partial charge is 0.0206 e. The summed E-state index contributed by atoms with van der Waals surface area (Å²) >= 11 is 0. The van der Waals surface area contributed by atoms with Gasteiger partial charge in [-0.25, -0.2) is 0 Å². The number of hydrogen-bond donors (Lipinski definition) is 0. The summed E-state index contributed by atoms with van der Waals surface area (Å²) < 4.78 is 0. The van der Waals surface area contributed by atoms with Crippen LogP contribution in [0, 0.1) is 23.7 Å². The van der Waals surface area contributed by atoms with Gasteiger partial charge in [-0.2, -0.15) is 0 Å². The van der Waals surface area contributed by atoms with Gasteiger partial charge < -0.3 is 0 Å². The van der Waals surface area contributed by atoms with Gasteiger partial charge in [0.05, 0.1) is 0 Å². The Bertz CT molecular complexity index is 169. The molecule has 0 N–H and O–H groups in total. The Morgan fingerprint density at radius 3 is 2.42 bits per heavy atom. The lowest BCUT2D eigenvalue weighted by Crippen LogP contribution is -2.16. The minimum atomic E-state index is 0.754. The highest BCUT2D eigenvalue weighted by Crippen LogP contribution is 2.44. The first kappa shape index (κ1) is 9.83. The minimum absolute atomic E-state index is 0.754. The van der Waals surface area contributed by atoms with E-state index in [9.17, 15) is 0 Å². The third-order valence-corrected chi connectivity index (χ3v) is 3.98.